The summed E-state index contributed by atoms with van der Waals surface area (Å²) in [6.07, 6.45) is 1.89. The van der Waals surface area contributed by atoms with Gasteiger partial charge < -0.3 is 15.8 Å². The highest BCUT2D eigenvalue weighted by Gasteiger charge is 1.99. The summed E-state index contributed by atoms with van der Waals surface area (Å²) in [4.78, 5) is 4.27. The Morgan fingerprint density at radius 2 is 2.16 bits per heavy atom. The number of aliphatic imine (C=N–C) groups is 1. The number of rotatable bonds is 7. The van der Waals surface area contributed by atoms with Gasteiger partial charge in [0.15, 0.2) is 5.96 Å². The molecule has 4 heteroatoms. The molecule has 0 heterocycles. The lowest BCUT2D eigenvalue weighted by Gasteiger charge is -2.11. The van der Waals surface area contributed by atoms with Crippen LogP contribution in [-0.2, 0) is 0 Å². The number of benzene rings is 1. The van der Waals surface area contributed by atoms with E-state index in [-0.39, 0.29) is 0 Å². The molecule has 0 saturated heterocycles. The van der Waals surface area contributed by atoms with Crippen molar-refractivity contribution in [2.24, 2.45) is 10.7 Å². The Kier molecular flexibility index (Phi) is 6.79. The molecule has 106 valence electrons. The van der Waals surface area contributed by atoms with E-state index >= 15 is 0 Å². The Morgan fingerprint density at radius 3 is 2.84 bits per heavy atom. The average molecular weight is 263 g/mol. The smallest absolute Gasteiger partial charge is 0.188 e. The van der Waals surface area contributed by atoms with Crippen LogP contribution in [0.15, 0.2) is 29.3 Å². The van der Waals surface area contributed by atoms with E-state index in [0.717, 1.165) is 24.2 Å². The summed E-state index contributed by atoms with van der Waals surface area (Å²) in [6, 6.07) is 8.38. The maximum Gasteiger partial charge on any atom is 0.188 e. The van der Waals surface area contributed by atoms with Gasteiger partial charge >= 0.3 is 0 Å². The number of nitrogens with zero attached hydrogens (tertiary/aromatic N) is 1. The summed E-state index contributed by atoms with van der Waals surface area (Å²) in [7, 11) is 0. The predicted molar refractivity (Wildman–Crippen MR) is 80.7 cm³/mol. The zero-order valence-electron chi connectivity index (χ0n) is 12.1. The molecule has 0 bridgehead atoms. The molecule has 0 aliphatic carbocycles. The number of nitrogens with one attached hydrogen (secondary N) is 1. The predicted octanol–water partition coefficient (Wildman–Crippen LogP) is 2.47. The van der Waals surface area contributed by atoms with Crippen LogP contribution in [0.4, 0.5) is 0 Å². The fourth-order valence-electron chi connectivity index (χ4n) is 1.56. The number of hydrogen-bond acceptors (Lipinski definition) is 2. The van der Waals surface area contributed by atoms with Gasteiger partial charge in [-0.25, -0.2) is 0 Å². The van der Waals surface area contributed by atoms with Gasteiger partial charge in [0, 0.05) is 19.0 Å². The minimum absolute atomic E-state index is 0.368. The molecule has 3 N–H and O–H groups in total. The summed E-state index contributed by atoms with van der Waals surface area (Å²) in [5.74, 6) is 1.46. The van der Waals surface area contributed by atoms with Gasteiger partial charge in [0.25, 0.3) is 0 Å². The topological polar surface area (TPSA) is 59.6 Å². The van der Waals surface area contributed by atoms with Crippen LogP contribution < -0.4 is 15.8 Å². The van der Waals surface area contributed by atoms with Crippen molar-refractivity contribution in [3.8, 4) is 5.75 Å². The third-order valence-electron chi connectivity index (χ3n) is 2.94. The van der Waals surface area contributed by atoms with E-state index in [1.807, 2.05) is 31.2 Å². The van der Waals surface area contributed by atoms with Crippen molar-refractivity contribution in [1.82, 2.24) is 5.32 Å². The molecule has 0 radical (unpaired) electrons. The quantitative estimate of drug-likeness (QED) is 0.451. The van der Waals surface area contributed by atoms with Crippen LogP contribution in [0.5, 0.6) is 5.75 Å². The number of nitrogens with two attached hydrogens (primary N) is 1. The average Bonchev–Trinajstić information content (AvgIpc) is 2.40. The number of guanidine groups is 1. The second-order valence-corrected chi connectivity index (χ2v) is 4.69. The Hall–Kier alpha value is -1.71. The van der Waals surface area contributed by atoms with Crippen LogP contribution in [-0.4, -0.2) is 25.2 Å². The van der Waals surface area contributed by atoms with E-state index in [1.165, 1.54) is 0 Å². The SMILES string of the molecule is CCC(C)NC(N)=NCCCOc1ccccc1C. The van der Waals surface area contributed by atoms with Crippen molar-refractivity contribution in [2.75, 3.05) is 13.2 Å². The summed E-state index contributed by atoms with van der Waals surface area (Å²) in [6.45, 7) is 7.58. The molecule has 4 nitrogen and oxygen atoms in total. The molecule has 0 amide bonds. The molecule has 0 spiro atoms. The summed E-state index contributed by atoms with van der Waals surface area (Å²) in [5.41, 5.74) is 6.92. The van der Waals surface area contributed by atoms with Crippen LogP contribution in [0.3, 0.4) is 0 Å². The Labute approximate surface area is 116 Å². The van der Waals surface area contributed by atoms with Gasteiger partial charge in [-0.1, -0.05) is 25.1 Å². The lowest BCUT2D eigenvalue weighted by Crippen LogP contribution is -2.38. The first-order chi connectivity index (χ1) is 9.13. The van der Waals surface area contributed by atoms with Crippen molar-refractivity contribution < 1.29 is 4.74 Å². The molecule has 0 saturated carbocycles. The molecular formula is C15H25N3O. The fourth-order valence-corrected chi connectivity index (χ4v) is 1.56. The summed E-state index contributed by atoms with van der Waals surface area (Å²) in [5, 5.41) is 3.13. The minimum Gasteiger partial charge on any atom is -0.493 e. The number of aryl methyl sites for hydroxylation is 1. The Morgan fingerprint density at radius 1 is 1.42 bits per heavy atom. The number of ether oxygens (including phenoxy) is 1. The monoisotopic (exact) mass is 263 g/mol. The summed E-state index contributed by atoms with van der Waals surface area (Å²) >= 11 is 0. The van der Waals surface area contributed by atoms with Crippen molar-refractivity contribution in [2.45, 2.75) is 39.7 Å². The first-order valence-corrected chi connectivity index (χ1v) is 6.88. The molecule has 19 heavy (non-hydrogen) atoms. The summed E-state index contributed by atoms with van der Waals surface area (Å²) < 4.78 is 5.69. The van der Waals surface area contributed by atoms with Crippen LogP contribution in [0, 0.1) is 6.92 Å². The van der Waals surface area contributed by atoms with Gasteiger partial charge in [-0.3, -0.25) is 4.99 Å². The zero-order chi connectivity index (χ0) is 14.1. The van der Waals surface area contributed by atoms with Gasteiger partial charge in [-0.15, -0.1) is 0 Å². The highest BCUT2D eigenvalue weighted by atomic mass is 16.5. The normalized spacial score (nSPS) is 13.1. The lowest BCUT2D eigenvalue weighted by atomic mass is 10.2. The van der Waals surface area contributed by atoms with E-state index in [4.69, 9.17) is 10.5 Å². The molecule has 1 atom stereocenters. The largest absolute Gasteiger partial charge is 0.493 e. The van der Waals surface area contributed by atoms with Gasteiger partial charge in [-0.05, 0) is 31.9 Å². The second-order valence-electron chi connectivity index (χ2n) is 4.69. The molecule has 0 fully saturated rings. The van der Waals surface area contributed by atoms with Gasteiger partial charge in [-0.2, -0.15) is 0 Å². The second kappa shape index (κ2) is 8.40. The van der Waals surface area contributed by atoms with Gasteiger partial charge in [0.2, 0.25) is 0 Å². The third kappa shape index (κ3) is 6.13. The lowest BCUT2D eigenvalue weighted by molar-refractivity contribution is 0.311. The van der Waals surface area contributed by atoms with E-state index in [9.17, 15) is 0 Å². The molecule has 1 unspecified atom stereocenters. The van der Waals surface area contributed by atoms with E-state index in [1.54, 1.807) is 0 Å². The molecular weight excluding hydrogens is 238 g/mol. The van der Waals surface area contributed by atoms with Crippen LogP contribution in [0.2, 0.25) is 0 Å². The highest BCUT2D eigenvalue weighted by molar-refractivity contribution is 5.78. The van der Waals surface area contributed by atoms with Crippen LogP contribution in [0.25, 0.3) is 0 Å². The van der Waals surface area contributed by atoms with Crippen molar-refractivity contribution in [1.29, 1.82) is 0 Å². The molecule has 1 aromatic carbocycles. The number of hydrogen-bond donors (Lipinski definition) is 2. The van der Waals surface area contributed by atoms with E-state index in [0.29, 0.717) is 25.2 Å². The zero-order valence-corrected chi connectivity index (χ0v) is 12.1. The molecule has 0 aromatic heterocycles. The Balaban J connectivity index is 2.21. The standard InChI is InChI=1S/C15H25N3O/c1-4-13(3)18-15(16)17-10-7-11-19-14-9-6-5-8-12(14)2/h5-6,8-9,13H,4,7,10-11H2,1-3H3,(H3,16,17,18). The van der Waals surface area contributed by atoms with Crippen LogP contribution in [0.1, 0.15) is 32.3 Å². The Bertz CT molecular complexity index is 404. The first-order valence-electron chi connectivity index (χ1n) is 6.88. The van der Waals surface area contributed by atoms with Crippen molar-refractivity contribution in [3.63, 3.8) is 0 Å². The van der Waals surface area contributed by atoms with Crippen LogP contribution >= 0.6 is 0 Å². The van der Waals surface area contributed by atoms with Gasteiger partial charge in [0.05, 0.1) is 6.61 Å². The highest BCUT2D eigenvalue weighted by Crippen LogP contribution is 2.15. The van der Waals surface area contributed by atoms with Crippen molar-refractivity contribution in [3.05, 3.63) is 29.8 Å². The van der Waals surface area contributed by atoms with E-state index < -0.39 is 0 Å². The maximum absolute atomic E-state index is 5.77. The first kappa shape index (κ1) is 15.3. The van der Waals surface area contributed by atoms with Crippen molar-refractivity contribution >= 4 is 5.96 Å². The molecule has 1 aromatic rings. The number of para-hydroxylation sites is 1. The molecule has 0 aliphatic heterocycles. The maximum atomic E-state index is 5.77. The fraction of sp³-hybridized carbons (Fsp3) is 0.533. The minimum atomic E-state index is 0.368. The molecule has 0 aliphatic rings. The van der Waals surface area contributed by atoms with E-state index in [2.05, 4.69) is 24.2 Å². The van der Waals surface area contributed by atoms with Gasteiger partial charge in [0.1, 0.15) is 5.75 Å². The molecule has 1 rings (SSSR count). The third-order valence-corrected chi connectivity index (χ3v) is 2.94.